The van der Waals surface area contributed by atoms with Gasteiger partial charge in [0.2, 0.25) is 0 Å². The van der Waals surface area contributed by atoms with Gasteiger partial charge in [0.1, 0.15) is 5.57 Å². The second kappa shape index (κ2) is 7.79. The van der Waals surface area contributed by atoms with Crippen LogP contribution in [0.5, 0.6) is 0 Å². The van der Waals surface area contributed by atoms with Gasteiger partial charge < -0.3 is 9.47 Å². The van der Waals surface area contributed by atoms with Gasteiger partial charge in [0.15, 0.2) is 0 Å². The van der Waals surface area contributed by atoms with E-state index < -0.39 is 11.9 Å². The zero-order chi connectivity index (χ0) is 11.7. The third-order valence-electron chi connectivity index (χ3n) is 1.45. The summed E-state index contributed by atoms with van der Waals surface area (Å²) < 4.78 is 9.45. The molecule has 0 aliphatic heterocycles. The van der Waals surface area contributed by atoms with Crippen molar-refractivity contribution in [1.82, 2.24) is 0 Å². The molecule has 0 aromatic heterocycles. The lowest BCUT2D eigenvalue weighted by Crippen LogP contribution is -2.18. The molecule has 0 aromatic carbocycles. The highest BCUT2D eigenvalue weighted by atomic mass is 16.6. The number of carbonyl (C=O) groups excluding carboxylic acids is 2. The first-order valence-electron chi connectivity index (χ1n) is 4.84. The van der Waals surface area contributed by atoms with Crippen molar-refractivity contribution in [3.8, 4) is 0 Å². The standard InChI is InChI=1S/C11H16O4/c1-4-7-8-9(10(12)14-5-2)11(13)15-6-3/h4,7-8H,5-6H2,1-3H3/b7-4-. The van der Waals surface area contributed by atoms with Crippen LogP contribution in [0.2, 0.25) is 0 Å². The summed E-state index contributed by atoms with van der Waals surface area (Å²) in [7, 11) is 0. The first-order valence-corrected chi connectivity index (χ1v) is 4.84. The lowest BCUT2D eigenvalue weighted by Gasteiger charge is -2.05. The molecule has 4 heteroatoms. The van der Waals surface area contributed by atoms with Crippen LogP contribution in [-0.4, -0.2) is 25.2 Å². The summed E-state index contributed by atoms with van der Waals surface area (Å²) in [5.74, 6) is -1.32. The molecule has 84 valence electrons. The van der Waals surface area contributed by atoms with Gasteiger partial charge in [-0.15, -0.1) is 0 Å². The quantitative estimate of drug-likeness (QED) is 0.228. The Kier molecular flexibility index (Phi) is 6.97. The second-order valence-corrected chi connectivity index (χ2v) is 2.55. The van der Waals surface area contributed by atoms with Crippen LogP contribution >= 0.6 is 0 Å². The van der Waals surface area contributed by atoms with E-state index in [0.717, 1.165) is 0 Å². The number of hydrogen-bond acceptors (Lipinski definition) is 4. The average Bonchev–Trinajstić information content (AvgIpc) is 2.19. The van der Waals surface area contributed by atoms with Gasteiger partial charge in [0.25, 0.3) is 0 Å². The number of allylic oxidation sites excluding steroid dienone is 3. The van der Waals surface area contributed by atoms with Gasteiger partial charge in [-0.1, -0.05) is 12.2 Å². The van der Waals surface area contributed by atoms with Crippen molar-refractivity contribution >= 4 is 11.9 Å². The maximum absolute atomic E-state index is 11.3. The van der Waals surface area contributed by atoms with Crippen molar-refractivity contribution < 1.29 is 19.1 Å². The minimum atomic E-state index is -0.658. The van der Waals surface area contributed by atoms with Crippen molar-refractivity contribution in [2.75, 3.05) is 13.2 Å². The van der Waals surface area contributed by atoms with Crippen molar-refractivity contribution in [2.45, 2.75) is 20.8 Å². The first-order chi connectivity index (χ1) is 7.17. The zero-order valence-corrected chi connectivity index (χ0v) is 9.28. The largest absolute Gasteiger partial charge is 0.462 e. The Bertz CT molecular complexity index is 256. The number of ether oxygens (including phenoxy) is 2. The van der Waals surface area contributed by atoms with Crippen molar-refractivity contribution in [2.24, 2.45) is 0 Å². The van der Waals surface area contributed by atoms with E-state index >= 15 is 0 Å². The molecule has 0 aromatic rings. The zero-order valence-electron chi connectivity index (χ0n) is 9.28. The number of carbonyl (C=O) groups is 2. The van der Waals surface area contributed by atoms with E-state index in [1.54, 1.807) is 32.9 Å². The van der Waals surface area contributed by atoms with Gasteiger partial charge >= 0.3 is 11.9 Å². The van der Waals surface area contributed by atoms with Gasteiger partial charge in [-0.25, -0.2) is 9.59 Å². The number of rotatable bonds is 5. The Hall–Kier alpha value is -1.58. The molecule has 15 heavy (non-hydrogen) atoms. The lowest BCUT2D eigenvalue weighted by molar-refractivity contribution is -0.146. The monoisotopic (exact) mass is 212 g/mol. The molecule has 0 spiro atoms. The van der Waals surface area contributed by atoms with Crippen LogP contribution in [0, 0.1) is 0 Å². The molecule has 0 saturated heterocycles. The molecule has 0 unspecified atom stereocenters. The summed E-state index contributed by atoms with van der Waals surface area (Å²) in [6.45, 7) is 5.59. The molecule has 4 nitrogen and oxygen atoms in total. The fourth-order valence-electron chi connectivity index (χ4n) is 0.830. The average molecular weight is 212 g/mol. The van der Waals surface area contributed by atoms with Crippen LogP contribution in [0.1, 0.15) is 20.8 Å². The highest BCUT2D eigenvalue weighted by molar-refractivity contribution is 6.14. The van der Waals surface area contributed by atoms with Crippen LogP contribution in [-0.2, 0) is 19.1 Å². The Morgan fingerprint density at radius 1 is 1.07 bits per heavy atom. The maximum atomic E-state index is 11.3. The predicted molar refractivity (Wildman–Crippen MR) is 56.2 cm³/mol. The summed E-state index contributed by atoms with van der Waals surface area (Å²) in [5.41, 5.74) is -0.0863. The van der Waals surface area contributed by atoms with Crippen LogP contribution < -0.4 is 0 Å². The van der Waals surface area contributed by atoms with Crippen LogP contribution in [0.25, 0.3) is 0 Å². The van der Waals surface area contributed by atoms with Gasteiger partial charge in [-0.3, -0.25) is 0 Å². The third-order valence-corrected chi connectivity index (χ3v) is 1.45. The molecule has 0 aliphatic carbocycles. The fourth-order valence-corrected chi connectivity index (χ4v) is 0.830. The Morgan fingerprint density at radius 2 is 1.53 bits per heavy atom. The molecule has 0 atom stereocenters. The summed E-state index contributed by atoms with van der Waals surface area (Å²) in [4.78, 5) is 22.7. The van der Waals surface area contributed by atoms with E-state index in [2.05, 4.69) is 0 Å². The summed E-state index contributed by atoms with van der Waals surface area (Å²) >= 11 is 0. The SMILES string of the molecule is C/C=C\C=C(C(=O)OCC)C(=O)OCC. The van der Waals surface area contributed by atoms with Crippen LogP contribution in [0.4, 0.5) is 0 Å². The normalized spacial score (nSPS) is 9.80. The molecular formula is C11H16O4. The Labute approximate surface area is 89.6 Å². The number of esters is 2. The smallest absolute Gasteiger partial charge is 0.345 e. The molecule has 0 bridgehead atoms. The van der Waals surface area contributed by atoms with Gasteiger partial charge in [-0.2, -0.15) is 0 Å². The third kappa shape index (κ3) is 5.00. The van der Waals surface area contributed by atoms with Gasteiger partial charge in [0.05, 0.1) is 13.2 Å². The molecule has 0 aliphatic rings. The van der Waals surface area contributed by atoms with E-state index in [0.29, 0.717) is 0 Å². The van der Waals surface area contributed by atoms with Gasteiger partial charge in [0, 0.05) is 0 Å². The van der Waals surface area contributed by atoms with E-state index in [4.69, 9.17) is 9.47 Å². The van der Waals surface area contributed by atoms with Crippen molar-refractivity contribution in [3.63, 3.8) is 0 Å². The van der Waals surface area contributed by atoms with Crippen molar-refractivity contribution in [1.29, 1.82) is 0 Å². The van der Waals surface area contributed by atoms with E-state index in [1.807, 2.05) is 0 Å². The Balaban J connectivity index is 4.72. The van der Waals surface area contributed by atoms with E-state index in [9.17, 15) is 9.59 Å². The number of hydrogen-bond donors (Lipinski definition) is 0. The Morgan fingerprint density at radius 3 is 1.87 bits per heavy atom. The minimum absolute atomic E-state index is 0.0863. The molecule has 0 saturated carbocycles. The molecule has 0 radical (unpaired) electrons. The van der Waals surface area contributed by atoms with Gasteiger partial charge in [-0.05, 0) is 26.8 Å². The molecular weight excluding hydrogens is 196 g/mol. The van der Waals surface area contributed by atoms with Crippen LogP contribution in [0.3, 0.4) is 0 Å². The van der Waals surface area contributed by atoms with E-state index in [-0.39, 0.29) is 18.8 Å². The lowest BCUT2D eigenvalue weighted by atomic mass is 10.2. The molecule has 0 fully saturated rings. The summed E-state index contributed by atoms with van der Waals surface area (Å²) in [5, 5.41) is 0. The van der Waals surface area contributed by atoms with Crippen LogP contribution in [0.15, 0.2) is 23.8 Å². The van der Waals surface area contributed by atoms with Crippen molar-refractivity contribution in [3.05, 3.63) is 23.8 Å². The first kappa shape index (κ1) is 13.4. The molecule has 0 heterocycles. The second-order valence-electron chi connectivity index (χ2n) is 2.55. The highest BCUT2D eigenvalue weighted by Crippen LogP contribution is 2.02. The molecule has 0 rings (SSSR count). The highest BCUT2D eigenvalue weighted by Gasteiger charge is 2.19. The van der Waals surface area contributed by atoms with E-state index in [1.165, 1.54) is 6.08 Å². The maximum Gasteiger partial charge on any atom is 0.345 e. The predicted octanol–water partition coefficient (Wildman–Crippen LogP) is 1.62. The fraction of sp³-hybridized carbons (Fsp3) is 0.455. The molecule has 0 N–H and O–H groups in total. The minimum Gasteiger partial charge on any atom is -0.462 e. The topological polar surface area (TPSA) is 52.6 Å². The summed E-state index contributed by atoms with van der Waals surface area (Å²) in [6, 6.07) is 0. The summed E-state index contributed by atoms with van der Waals surface area (Å²) in [6.07, 6.45) is 4.68. The molecule has 0 amide bonds.